The fraction of sp³-hybridized carbons (Fsp3) is 0.111. The van der Waals surface area contributed by atoms with Gasteiger partial charge in [0.05, 0.1) is 5.82 Å². The van der Waals surface area contributed by atoms with E-state index in [-0.39, 0.29) is 0 Å². The summed E-state index contributed by atoms with van der Waals surface area (Å²) in [6.07, 6.45) is 0. The number of para-hydroxylation sites is 1. The first-order chi connectivity index (χ1) is 5.63. The lowest BCUT2D eigenvalue weighted by Gasteiger charge is -2.06. The summed E-state index contributed by atoms with van der Waals surface area (Å²) in [5.74, 6) is 0.313. The van der Waals surface area contributed by atoms with Gasteiger partial charge in [0.25, 0.3) is 0 Å². The van der Waals surface area contributed by atoms with Gasteiger partial charge in [0.15, 0.2) is 0 Å². The van der Waals surface area contributed by atoms with E-state index in [2.05, 4.69) is 0 Å². The maximum absolute atomic E-state index is 5.71. The minimum Gasteiger partial charge on any atom is -0.398 e. The van der Waals surface area contributed by atoms with E-state index in [0.717, 1.165) is 11.1 Å². The third-order valence-corrected chi connectivity index (χ3v) is 1.80. The highest BCUT2D eigenvalue weighted by atomic mass is 14.8. The zero-order chi connectivity index (χ0) is 9.14. The van der Waals surface area contributed by atoms with E-state index in [4.69, 9.17) is 17.2 Å². The molecular weight excluding hydrogens is 150 g/mol. The SMILES string of the molecule is CC(=C(N)N)c1ccccc1N. The Kier molecular flexibility index (Phi) is 2.24. The second kappa shape index (κ2) is 3.17. The van der Waals surface area contributed by atoms with Crippen LogP contribution in [0, 0.1) is 0 Å². The molecular formula is C9H13N3. The molecule has 0 heterocycles. The van der Waals surface area contributed by atoms with Crippen molar-refractivity contribution >= 4 is 11.3 Å². The lowest BCUT2D eigenvalue weighted by atomic mass is 10.1. The molecule has 0 saturated heterocycles. The van der Waals surface area contributed by atoms with Gasteiger partial charge in [-0.15, -0.1) is 0 Å². The molecule has 0 bridgehead atoms. The van der Waals surface area contributed by atoms with Crippen molar-refractivity contribution in [1.29, 1.82) is 0 Å². The summed E-state index contributed by atoms with van der Waals surface area (Å²) in [6, 6.07) is 7.49. The molecule has 6 N–H and O–H groups in total. The number of nitrogen functional groups attached to an aromatic ring is 1. The van der Waals surface area contributed by atoms with Gasteiger partial charge in [-0.1, -0.05) is 18.2 Å². The van der Waals surface area contributed by atoms with Crippen molar-refractivity contribution in [1.82, 2.24) is 0 Å². The number of benzene rings is 1. The summed E-state index contributed by atoms with van der Waals surface area (Å²) in [4.78, 5) is 0. The van der Waals surface area contributed by atoms with E-state index >= 15 is 0 Å². The van der Waals surface area contributed by atoms with Crippen molar-refractivity contribution in [3.05, 3.63) is 35.6 Å². The van der Waals surface area contributed by atoms with Crippen LogP contribution in [0.25, 0.3) is 5.57 Å². The first kappa shape index (κ1) is 8.46. The Labute approximate surface area is 71.9 Å². The van der Waals surface area contributed by atoms with E-state index in [1.165, 1.54) is 0 Å². The van der Waals surface area contributed by atoms with Crippen LogP contribution in [0.3, 0.4) is 0 Å². The quantitative estimate of drug-likeness (QED) is 0.538. The Morgan fingerprint density at radius 3 is 2.25 bits per heavy atom. The standard InChI is InChI=1S/C9H13N3/c1-6(9(11)12)7-4-2-3-5-8(7)10/h2-5H,10-12H2,1H3. The Hall–Kier alpha value is -1.64. The van der Waals surface area contributed by atoms with Crippen molar-refractivity contribution in [2.45, 2.75) is 6.92 Å². The summed E-state index contributed by atoms with van der Waals surface area (Å²) in [5, 5.41) is 0. The number of hydrogen-bond donors (Lipinski definition) is 3. The molecule has 0 aliphatic heterocycles. The molecule has 0 saturated carbocycles. The van der Waals surface area contributed by atoms with Crippen LogP contribution in [-0.2, 0) is 0 Å². The molecule has 0 amide bonds. The number of rotatable bonds is 1. The number of anilines is 1. The number of allylic oxidation sites excluding steroid dienone is 1. The molecule has 3 nitrogen and oxygen atoms in total. The Morgan fingerprint density at radius 1 is 1.17 bits per heavy atom. The summed E-state index contributed by atoms with van der Waals surface area (Å²) in [5.41, 5.74) is 19.0. The Bertz CT molecular complexity index is 311. The number of nitrogens with two attached hydrogens (primary N) is 3. The first-order valence-electron chi connectivity index (χ1n) is 3.69. The van der Waals surface area contributed by atoms with Crippen molar-refractivity contribution in [2.75, 3.05) is 5.73 Å². The van der Waals surface area contributed by atoms with E-state index in [9.17, 15) is 0 Å². The molecule has 0 aliphatic carbocycles. The van der Waals surface area contributed by atoms with Gasteiger partial charge in [0.2, 0.25) is 0 Å². The van der Waals surface area contributed by atoms with E-state index in [0.29, 0.717) is 11.5 Å². The summed E-state index contributed by atoms with van der Waals surface area (Å²) < 4.78 is 0. The van der Waals surface area contributed by atoms with Gasteiger partial charge in [-0.25, -0.2) is 0 Å². The average Bonchev–Trinajstić information content (AvgIpc) is 2.04. The lowest BCUT2D eigenvalue weighted by molar-refractivity contribution is 1.24. The van der Waals surface area contributed by atoms with E-state index in [1.807, 2.05) is 31.2 Å². The number of hydrogen-bond acceptors (Lipinski definition) is 3. The third-order valence-electron chi connectivity index (χ3n) is 1.80. The fourth-order valence-corrected chi connectivity index (χ4v) is 0.994. The third kappa shape index (κ3) is 1.50. The van der Waals surface area contributed by atoms with Gasteiger partial charge in [0.1, 0.15) is 0 Å². The summed E-state index contributed by atoms with van der Waals surface area (Å²) in [6.45, 7) is 1.85. The van der Waals surface area contributed by atoms with E-state index in [1.54, 1.807) is 0 Å². The molecule has 0 aliphatic rings. The molecule has 0 atom stereocenters. The highest BCUT2D eigenvalue weighted by Crippen LogP contribution is 2.20. The van der Waals surface area contributed by atoms with Gasteiger partial charge in [-0.3, -0.25) is 0 Å². The van der Waals surface area contributed by atoms with Crippen LogP contribution in [0.1, 0.15) is 12.5 Å². The summed E-state index contributed by atoms with van der Waals surface area (Å²) >= 11 is 0. The van der Waals surface area contributed by atoms with Crippen LogP contribution in [0.4, 0.5) is 5.69 Å². The van der Waals surface area contributed by atoms with Crippen LogP contribution in [0.15, 0.2) is 30.1 Å². The van der Waals surface area contributed by atoms with Gasteiger partial charge >= 0.3 is 0 Å². The van der Waals surface area contributed by atoms with Gasteiger partial charge in [-0.2, -0.15) is 0 Å². The van der Waals surface area contributed by atoms with Crippen LogP contribution in [0.2, 0.25) is 0 Å². The predicted molar refractivity (Wildman–Crippen MR) is 51.8 cm³/mol. The van der Waals surface area contributed by atoms with Gasteiger partial charge in [0, 0.05) is 11.3 Å². The highest BCUT2D eigenvalue weighted by Gasteiger charge is 2.01. The second-order valence-corrected chi connectivity index (χ2v) is 2.67. The van der Waals surface area contributed by atoms with Crippen LogP contribution < -0.4 is 17.2 Å². The zero-order valence-electron chi connectivity index (χ0n) is 7.04. The predicted octanol–water partition coefficient (Wildman–Crippen LogP) is 0.875. The fourth-order valence-electron chi connectivity index (χ4n) is 0.994. The van der Waals surface area contributed by atoms with Crippen molar-refractivity contribution in [3.8, 4) is 0 Å². The smallest absolute Gasteiger partial charge is 0.0970 e. The average molecular weight is 163 g/mol. The van der Waals surface area contributed by atoms with Crippen LogP contribution in [0.5, 0.6) is 0 Å². The molecule has 1 rings (SSSR count). The van der Waals surface area contributed by atoms with Gasteiger partial charge in [-0.05, 0) is 18.6 Å². The van der Waals surface area contributed by atoms with Gasteiger partial charge < -0.3 is 17.2 Å². The van der Waals surface area contributed by atoms with Crippen LogP contribution >= 0.6 is 0 Å². The molecule has 0 unspecified atom stereocenters. The maximum atomic E-state index is 5.71. The molecule has 12 heavy (non-hydrogen) atoms. The molecule has 3 heteroatoms. The largest absolute Gasteiger partial charge is 0.398 e. The normalized spacial score (nSPS) is 9.42. The lowest BCUT2D eigenvalue weighted by Crippen LogP contribution is -2.11. The Balaban J connectivity index is 3.21. The topological polar surface area (TPSA) is 78.1 Å². The molecule has 1 aromatic carbocycles. The second-order valence-electron chi connectivity index (χ2n) is 2.67. The minimum absolute atomic E-state index is 0.313. The highest BCUT2D eigenvalue weighted by molar-refractivity contribution is 5.74. The molecule has 0 spiro atoms. The van der Waals surface area contributed by atoms with E-state index < -0.39 is 0 Å². The van der Waals surface area contributed by atoms with Crippen molar-refractivity contribution in [2.24, 2.45) is 11.5 Å². The zero-order valence-corrected chi connectivity index (χ0v) is 7.04. The first-order valence-corrected chi connectivity index (χ1v) is 3.69. The monoisotopic (exact) mass is 163 g/mol. The minimum atomic E-state index is 0.313. The summed E-state index contributed by atoms with van der Waals surface area (Å²) in [7, 11) is 0. The van der Waals surface area contributed by atoms with Crippen molar-refractivity contribution < 1.29 is 0 Å². The molecule has 0 aromatic heterocycles. The molecule has 0 radical (unpaired) electrons. The van der Waals surface area contributed by atoms with Crippen molar-refractivity contribution in [3.63, 3.8) is 0 Å². The molecule has 0 fully saturated rings. The molecule has 1 aromatic rings. The maximum Gasteiger partial charge on any atom is 0.0970 e. The Morgan fingerprint density at radius 2 is 1.75 bits per heavy atom. The van der Waals surface area contributed by atoms with Crippen LogP contribution in [-0.4, -0.2) is 0 Å². The molecule has 64 valence electrons.